The fourth-order valence-electron chi connectivity index (χ4n) is 3.74. The normalized spacial score (nSPS) is 16.8. The number of benzene rings is 1. The van der Waals surface area contributed by atoms with E-state index in [0.29, 0.717) is 17.0 Å². The monoisotopic (exact) mass is 425 g/mol. The van der Waals surface area contributed by atoms with E-state index in [1.165, 1.54) is 6.07 Å². The molecule has 0 radical (unpaired) electrons. The number of nitrogens with zero attached hydrogens (tertiary/aromatic N) is 1. The van der Waals surface area contributed by atoms with Gasteiger partial charge in [0, 0.05) is 23.6 Å². The Morgan fingerprint density at radius 2 is 1.83 bits per heavy atom. The van der Waals surface area contributed by atoms with E-state index < -0.39 is 6.04 Å². The summed E-state index contributed by atoms with van der Waals surface area (Å²) in [6.07, 6.45) is 2.45. The van der Waals surface area contributed by atoms with Crippen LogP contribution in [0.5, 0.6) is 0 Å². The van der Waals surface area contributed by atoms with Crippen molar-refractivity contribution in [3.05, 3.63) is 34.6 Å². The van der Waals surface area contributed by atoms with Crippen molar-refractivity contribution < 1.29 is 14.0 Å². The molecule has 0 aliphatic carbocycles. The Bertz CT molecular complexity index is 685. The lowest BCUT2D eigenvalue weighted by Crippen LogP contribution is -2.51. The van der Waals surface area contributed by atoms with E-state index in [2.05, 4.69) is 15.5 Å². The van der Waals surface area contributed by atoms with Crippen molar-refractivity contribution in [3.63, 3.8) is 0 Å². The number of carbonyl (C=O) groups excluding carboxylic acids is 2. The Kier molecular flexibility index (Phi) is 8.90. The summed E-state index contributed by atoms with van der Waals surface area (Å²) >= 11 is 6.31. The van der Waals surface area contributed by atoms with Crippen LogP contribution in [0.15, 0.2) is 18.2 Å². The second-order valence-corrected chi connectivity index (χ2v) is 8.93. The van der Waals surface area contributed by atoms with Gasteiger partial charge in [-0.05, 0) is 49.9 Å². The molecule has 1 aliphatic rings. The molecule has 0 spiro atoms. The van der Waals surface area contributed by atoms with Gasteiger partial charge in [-0.1, -0.05) is 45.4 Å². The van der Waals surface area contributed by atoms with Gasteiger partial charge in [0.1, 0.15) is 11.9 Å². The minimum atomic E-state index is -0.628. The highest BCUT2D eigenvalue weighted by molar-refractivity contribution is 6.31. The molecule has 2 N–H and O–H groups in total. The topological polar surface area (TPSA) is 61.4 Å². The molecule has 7 heteroatoms. The maximum absolute atomic E-state index is 14.6. The summed E-state index contributed by atoms with van der Waals surface area (Å²) in [6, 6.07) is 3.69. The van der Waals surface area contributed by atoms with Crippen LogP contribution in [0.3, 0.4) is 0 Å². The van der Waals surface area contributed by atoms with Crippen LogP contribution in [-0.2, 0) is 9.59 Å². The van der Waals surface area contributed by atoms with Gasteiger partial charge >= 0.3 is 0 Å². The number of hydrogen-bond acceptors (Lipinski definition) is 3. The number of carbonyl (C=O) groups is 2. The first kappa shape index (κ1) is 23.6. The Labute approximate surface area is 178 Å². The molecular weight excluding hydrogens is 393 g/mol. The molecule has 162 valence electrons. The van der Waals surface area contributed by atoms with Crippen molar-refractivity contribution >= 4 is 23.4 Å². The first-order valence-electron chi connectivity index (χ1n) is 10.5. The standard InChI is InChI=1S/C22H33ClFN3O2/c1-14(2)12-19(28)26-21(15(3)4)22(29)25-13-18(27-10-5-6-11-27)20-16(23)8-7-9-17(20)24/h7-9,14-15,18,21H,5-6,10-13H2,1-4H3,(H,25,29)(H,26,28). The maximum atomic E-state index is 14.6. The van der Waals surface area contributed by atoms with Crippen LogP contribution >= 0.6 is 11.6 Å². The molecule has 29 heavy (non-hydrogen) atoms. The number of nitrogens with one attached hydrogen (secondary N) is 2. The van der Waals surface area contributed by atoms with E-state index in [-0.39, 0.29) is 42.1 Å². The zero-order valence-electron chi connectivity index (χ0n) is 17.8. The van der Waals surface area contributed by atoms with E-state index in [1.54, 1.807) is 12.1 Å². The van der Waals surface area contributed by atoms with Gasteiger partial charge in [0.15, 0.2) is 0 Å². The summed E-state index contributed by atoms with van der Waals surface area (Å²) in [5.41, 5.74) is 0.418. The largest absolute Gasteiger partial charge is 0.352 e. The zero-order valence-corrected chi connectivity index (χ0v) is 18.6. The third kappa shape index (κ3) is 6.68. The number of halogens is 2. The first-order chi connectivity index (χ1) is 13.7. The first-order valence-corrected chi connectivity index (χ1v) is 10.8. The van der Waals surface area contributed by atoms with E-state index in [1.807, 2.05) is 27.7 Å². The SMILES string of the molecule is CC(C)CC(=O)NC(C(=O)NCC(c1c(F)cccc1Cl)N1CCCC1)C(C)C. The van der Waals surface area contributed by atoms with Gasteiger partial charge < -0.3 is 10.6 Å². The van der Waals surface area contributed by atoms with Crippen LogP contribution in [0.2, 0.25) is 5.02 Å². The number of amides is 2. The summed E-state index contributed by atoms with van der Waals surface area (Å²) in [7, 11) is 0. The molecule has 5 nitrogen and oxygen atoms in total. The summed E-state index contributed by atoms with van der Waals surface area (Å²) in [5.74, 6) is -0.604. The predicted molar refractivity (Wildman–Crippen MR) is 114 cm³/mol. The van der Waals surface area contributed by atoms with Crippen molar-refractivity contribution in [2.45, 2.75) is 59.0 Å². The molecule has 2 unspecified atom stereocenters. The minimum Gasteiger partial charge on any atom is -0.352 e. The van der Waals surface area contributed by atoms with E-state index in [9.17, 15) is 14.0 Å². The smallest absolute Gasteiger partial charge is 0.242 e. The average molecular weight is 426 g/mol. The molecule has 2 amide bonds. The molecule has 1 heterocycles. The Hall–Kier alpha value is -1.66. The summed E-state index contributed by atoms with van der Waals surface area (Å²) in [6.45, 7) is 9.62. The van der Waals surface area contributed by atoms with E-state index in [4.69, 9.17) is 11.6 Å². The van der Waals surface area contributed by atoms with E-state index >= 15 is 0 Å². The van der Waals surface area contributed by atoms with Gasteiger partial charge in [-0.2, -0.15) is 0 Å². The highest BCUT2D eigenvalue weighted by atomic mass is 35.5. The minimum absolute atomic E-state index is 0.0617. The Morgan fingerprint density at radius 1 is 1.17 bits per heavy atom. The van der Waals surface area contributed by atoms with Crippen LogP contribution in [0.1, 0.15) is 58.6 Å². The van der Waals surface area contributed by atoms with Crippen molar-refractivity contribution in [1.29, 1.82) is 0 Å². The van der Waals surface area contributed by atoms with Crippen LogP contribution in [0.4, 0.5) is 4.39 Å². The Balaban J connectivity index is 2.12. The molecular formula is C22H33ClFN3O2. The quantitative estimate of drug-likeness (QED) is 0.630. The average Bonchev–Trinajstić information content (AvgIpc) is 3.15. The van der Waals surface area contributed by atoms with Gasteiger partial charge in [-0.15, -0.1) is 0 Å². The fraction of sp³-hybridized carbons (Fsp3) is 0.636. The molecule has 1 fully saturated rings. The molecule has 0 saturated carbocycles. The number of rotatable bonds is 9. The summed E-state index contributed by atoms with van der Waals surface area (Å²) in [5, 5.41) is 6.13. The van der Waals surface area contributed by atoms with Crippen molar-refractivity contribution in [2.24, 2.45) is 11.8 Å². The lowest BCUT2D eigenvalue weighted by Gasteiger charge is -2.30. The van der Waals surface area contributed by atoms with Crippen molar-refractivity contribution in [3.8, 4) is 0 Å². The lowest BCUT2D eigenvalue weighted by molar-refractivity contribution is -0.130. The Morgan fingerprint density at radius 3 is 2.38 bits per heavy atom. The summed E-state index contributed by atoms with van der Waals surface area (Å²) < 4.78 is 14.6. The second kappa shape index (κ2) is 10.9. The van der Waals surface area contributed by atoms with Crippen LogP contribution in [-0.4, -0.2) is 42.4 Å². The zero-order chi connectivity index (χ0) is 21.6. The fourth-order valence-corrected chi connectivity index (χ4v) is 4.03. The van der Waals surface area contributed by atoms with Gasteiger partial charge in [-0.3, -0.25) is 14.5 Å². The maximum Gasteiger partial charge on any atom is 0.242 e. The lowest BCUT2D eigenvalue weighted by atomic mass is 10.0. The van der Waals surface area contributed by atoms with Gasteiger partial charge in [-0.25, -0.2) is 4.39 Å². The summed E-state index contributed by atoms with van der Waals surface area (Å²) in [4.78, 5) is 27.2. The molecule has 2 atom stereocenters. The molecule has 1 aliphatic heterocycles. The van der Waals surface area contributed by atoms with Gasteiger partial charge in [0.25, 0.3) is 0 Å². The predicted octanol–water partition coefficient (Wildman–Crippen LogP) is 3.92. The number of hydrogen-bond donors (Lipinski definition) is 2. The van der Waals surface area contributed by atoms with Crippen LogP contribution in [0.25, 0.3) is 0 Å². The molecule has 0 aromatic heterocycles. The van der Waals surface area contributed by atoms with Crippen molar-refractivity contribution in [1.82, 2.24) is 15.5 Å². The molecule has 1 aromatic rings. The number of likely N-dealkylation sites (tertiary alicyclic amines) is 1. The van der Waals surface area contributed by atoms with E-state index in [0.717, 1.165) is 25.9 Å². The van der Waals surface area contributed by atoms with Gasteiger partial charge in [0.05, 0.1) is 6.04 Å². The third-order valence-corrected chi connectivity index (χ3v) is 5.57. The highest BCUT2D eigenvalue weighted by Gasteiger charge is 2.30. The molecule has 0 bridgehead atoms. The van der Waals surface area contributed by atoms with Crippen LogP contribution < -0.4 is 10.6 Å². The van der Waals surface area contributed by atoms with Crippen LogP contribution in [0, 0.1) is 17.7 Å². The highest BCUT2D eigenvalue weighted by Crippen LogP contribution is 2.32. The van der Waals surface area contributed by atoms with Gasteiger partial charge in [0.2, 0.25) is 11.8 Å². The molecule has 2 rings (SSSR count). The third-order valence-electron chi connectivity index (χ3n) is 5.24. The molecule has 1 aromatic carbocycles. The molecule has 1 saturated heterocycles. The van der Waals surface area contributed by atoms with Crippen molar-refractivity contribution in [2.75, 3.05) is 19.6 Å². The second-order valence-electron chi connectivity index (χ2n) is 8.53.